The zero-order valence-electron chi connectivity index (χ0n) is 19.4. The summed E-state index contributed by atoms with van der Waals surface area (Å²) in [5.74, 6) is -0.440. The Hall–Kier alpha value is -1.46. The van der Waals surface area contributed by atoms with Gasteiger partial charge in [-0.25, -0.2) is 4.79 Å². The number of unbranched alkanes of at least 4 members (excludes halogenated alkanes) is 1. The van der Waals surface area contributed by atoms with E-state index in [2.05, 4.69) is 26.8 Å². The molecule has 0 aromatic rings. The molecule has 0 saturated heterocycles. The minimum Gasteiger partial charge on any atom is -0.464 e. The van der Waals surface area contributed by atoms with Gasteiger partial charge in [0.25, 0.3) is 0 Å². The van der Waals surface area contributed by atoms with Gasteiger partial charge in [-0.15, -0.1) is 0 Å². The van der Waals surface area contributed by atoms with E-state index in [-0.39, 0.29) is 34.9 Å². The molecule has 0 aromatic carbocycles. The van der Waals surface area contributed by atoms with E-state index in [4.69, 9.17) is 4.74 Å². The molecule has 4 rings (SSSR count). The van der Waals surface area contributed by atoms with Gasteiger partial charge in [0.1, 0.15) is 0 Å². The van der Waals surface area contributed by atoms with Gasteiger partial charge >= 0.3 is 5.97 Å². The number of ether oxygens (including phenoxy) is 1. The van der Waals surface area contributed by atoms with E-state index in [1.807, 2.05) is 6.92 Å². The molecule has 172 valence electrons. The van der Waals surface area contributed by atoms with Crippen molar-refractivity contribution in [2.75, 3.05) is 6.61 Å². The number of rotatable bonds is 5. The molecule has 1 unspecified atom stereocenters. The highest BCUT2D eigenvalue weighted by molar-refractivity contribution is 6.01. The molecule has 0 heterocycles. The van der Waals surface area contributed by atoms with Gasteiger partial charge in [-0.1, -0.05) is 45.8 Å². The summed E-state index contributed by atoms with van der Waals surface area (Å²) in [7, 11) is 0. The van der Waals surface area contributed by atoms with Crippen LogP contribution in [0.1, 0.15) is 72.6 Å². The van der Waals surface area contributed by atoms with Crippen LogP contribution in [0, 0.1) is 34.5 Å². The topological polar surface area (TPSA) is 83.8 Å². The van der Waals surface area contributed by atoms with Crippen LogP contribution in [0.4, 0.5) is 0 Å². The van der Waals surface area contributed by atoms with Crippen molar-refractivity contribution >= 4 is 11.8 Å². The molecule has 0 radical (unpaired) electrons. The summed E-state index contributed by atoms with van der Waals surface area (Å²) in [5, 5.41) is 23.3. The molecule has 0 aliphatic heterocycles. The Morgan fingerprint density at radius 1 is 1.29 bits per heavy atom. The highest BCUT2D eigenvalue weighted by atomic mass is 16.5. The molecule has 5 nitrogen and oxygen atoms in total. The van der Waals surface area contributed by atoms with Crippen LogP contribution in [-0.2, 0) is 14.3 Å². The molecule has 4 aliphatic rings. The van der Waals surface area contributed by atoms with E-state index in [1.165, 1.54) is 5.57 Å². The lowest BCUT2D eigenvalue weighted by Crippen LogP contribution is -2.61. The van der Waals surface area contributed by atoms with Crippen molar-refractivity contribution in [3.05, 3.63) is 23.8 Å². The normalized spacial score (nSPS) is 44.7. The molecular formula is C26H38O5. The van der Waals surface area contributed by atoms with Crippen LogP contribution in [0.5, 0.6) is 0 Å². The first-order valence-electron chi connectivity index (χ1n) is 12.1. The molecule has 3 saturated carbocycles. The number of ketones is 1. The quantitative estimate of drug-likeness (QED) is 0.509. The molecule has 0 bridgehead atoms. The van der Waals surface area contributed by atoms with Gasteiger partial charge < -0.3 is 14.9 Å². The lowest BCUT2D eigenvalue weighted by Gasteiger charge is -2.60. The van der Waals surface area contributed by atoms with E-state index in [0.29, 0.717) is 13.0 Å². The fraction of sp³-hybridized carbons (Fsp3) is 0.769. The molecule has 31 heavy (non-hydrogen) atoms. The van der Waals surface area contributed by atoms with Crippen LogP contribution in [0.15, 0.2) is 23.8 Å². The van der Waals surface area contributed by atoms with E-state index < -0.39 is 23.1 Å². The Morgan fingerprint density at radius 3 is 2.74 bits per heavy atom. The number of carbonyl (C=O) groups is 2. The van der Waals surface area contributed by atoms with Crippen LogP contribution in [-0.4, -0.2) is 40.3 Å². The Labute approximate surface area is 185 Å². The van der Waals surface area contributed by atoms with Crippen molar-refractivity contribution in [1.82, 2.24) is 0 Å². The summed E-state index contributed by atoms with van der Waals surface area (Å²) < 4.78 is 5.35. The Bertz CT molecular complexity index is 815. The maximum atomic E-state index is 12.6. The molecule has 2 N–H and O–H groups in total. The predicted octanol–water partition coefficient (Wildman–Crippen LogP) is 3.98. The van der Waals surface area contributed by atoms with E-state index in [1.54, 1.807) is 12.2 Å². The summed E-state index contributed by atoms with van der Waals surface area (Å²) in [6.45, 7) is 8.70. The molecule has 0 amide bonds. The monoisotopic (exact) mass is 430 g/mol. The smallest absolute Gasteiger partial charge is 0.335 e. The summed E-state index contributed by atoms with van der Waals surface area (Å²) >= 11 is 0. The molecule has 5 heteroatoms. The molecule has 4 aliphatic carbocycles. The van der Waals surface area contributed by atoms with Crippen molar-refractivity contribution in [2.45, 2.75) is 84.3 Å². The lowest BCUT2D eigenvalue weighted by atomic mass is 9.46. The average Bonchev–Trinajstić information content (AvgIpc) is 2.93. The van der Waals surface area contributed by atoms with Gasteiger partial charge in [0.05, 0.1) is 12.2 Å². The van der Waals surface area contributed by atoms with Crippen molar-refractivity contribution in [3.63, 3.8) is 0 Å². The number of hydrogen-bond acceptors (Lipinski definition) is 5. The van der Waals surface area contributed by atoms with Gasteiger partial charge in [0, 0.05) is 16.7 Å². The zero-order chi connectivity index (χ0) is 22.6. The number of aliphatic hydroxyl groups is 2. The zero-order valence-corrected chi connectivity index (χ0v) is 19.4. The second-order valence-corrected chi connectivity index (χ2v) is 11.0. The maximum absolute atomic E-state index is 12.6. The third-order valence-electron chi connectivity index (χ3n) is 9.47. The van der Waals surface area contributed by atoms with Crippen LogP contribution in [0.2, 0.25) is 0 Å². The lowest BCUT2D eigenvalue weighted by molar-refractivity contribution is -0.192. The first-order valence-corrected chi connectivity index (χ1v) is 12.1. The predicted molar refractivity (Wildman–Crippen MR) is 118 cm³/mol. The summed E-state index contributed by atoms with van der Waals surface area (Å²) in [4.78, 5) is 24.6. The fourth-order valence-electron chi connectivity index (χ4n) is 7.83. The second kappa shape index (κ2) is 7.84. The highest BCUT2D eigenvalue weighted by Gasteiger charge is 2.69. The van der Waals surface area contributed by atoms with Crippen molar-refractivity contribution < 1.29 is 24.5 Å². The highest BCUT2D eigenvalue weighted by Crippen LogP contribution is 2.69. The Kier molecular flexibility index (Phi) is 5.75. The molecule has 0 aromatic heterocycles. The van der Waals surface area contributed by atoms with Crippen LogP contribution in [0.25, 0.3) is 0 Å². The Balaban J connectivity index is 1.62. The van der Waals surface area contributed by atoms with Crippen LogP contribution >= 0.6 is 0 Å². The number of hydrogen-bond donors (Lipinski definition) is 2. The van der Waals surface area contributed by atoms with Gasteiger partial charge in [-0.2, -0.15) is 0 Å². The SMILES string of the molecule is CCCCOC(=O)[C@H](O)[C@H]1[C@H](C)CC2(O)[C@@H]3CCC4=CC(=O)C=C[C@]4(C)[C@H]3CC[C@]12C. The molecular weight excluding hydrogens is 392 g/mol. The second-order valence-electron chi connectivity index (χ2n) is 11.0. The third kappa shape index (κ3) is 3.26. The van der Waals surface area contributed by atoms with Crippen molar-refractivity contribution in [2.24, 2.45) is 34.5 Å². The Morgan fingerprint density at radius 2 is 2.03 bits per heavy atom. The standard InChI is InChI=1S/C26H38O5/c1-5-6-13-31-23(29)22(28)21-16(2)15-26(30)20-8-7-17-14-18(27)9-11-24(17,3)19(20)10-12-25(21,26)4/h9,11,14,16,19-22,28,30H,5-8,10,12-13,15H2,1-4H3/t16-,19+,20-,21-,22-,24+,25-,26?/m1/s1. The third-order valence-corrected chi connectivity index (χ3v) is 9.47. The minimum atomic E-state index is -1.20. The van der Waals surface area contributed by atoms with Crippen LogP contribution < -0.4 is 0 Å². The van der Waals surface area contributed by atoms with E-state index in [9.17, 15) is 19.8 Å². The summed E-state index contributed by atoms with van der Waals surface area (Å²) in [6, 6.07) is 0. The van der Waals surface area contributed by atoms with E-state index in [0.717, 1.165) is 38.5 Å². The van der Waals surface area contributed by atoms with Gasteiger partial charge in [-0.05, 0) is 68.4 Å². The van der Waals surface area contributed by atoms with E-state index >= 15 is 0 Å². The minimum absolute atomic E-state index is 0.0238. The van der Waals surface area contributed by atoms with Crippen molar-refractivity contribution in [3.8, 4) is 0 Å². The number of aliphatic hydroxyl groups excluding tert-OH is 1. The van der Waals surface area contributed by atoms with Crippen LogP contribution in [0.3, 0.4) is 0 Å². The van der Waals surface area contributed by atoms with Gasteiger partial charge in [-0.3, -0.25) is 4.79 Å². The first kappa shape index (κ1) is 22.7. The number of carbonyl (C=O) groups excluding carboxylic acids is 2. The number of allylic oxidation sites excluding steroid dienone is 4. The maximum Gasteiger partial charge on any atom is 0.335 e. The molecule has 8 atom stereocenters. The first-order chi connectivity index (χ1) is 14.6. The molecule has 0 spiro atoms. The van der Waals surface area contributed by atoms with Gasteiger partial charge in [0.2, 0.25) is 0 Å². The van der Waals surface area contributed by atoms with Gasteiger partial charge in [0.15, 0.2) is 11.9 Å². The average molecular weight is 431 g/mol. The summed E-state index contributed by atoms with van der Waals surface area (Å²) in [5.41, 5.74) is -0.486. The van der Waals surface area contributed by atoms with Crippen molar-refractivity contribution in [1.29, 1.82) is 0 Å². The fourth-order valence-corrected chi connectivity index (χ4v) is 7.83. The molecule has 3 fully saturated rings. The largest absolute Gasteiger partial charge is 0.464 e. The number of fused-ring (bicyclic) bond motifs is 5. The number of esters is 1. The summed E-state index contributed by atoms with van der Waals surface area (Å²) in [6.07, 6.45) is 9.96.